The minimum atomic E-state index is 0.292. The number of rotatable bonds is 4. The molecule has 2 aromatic carbocycles. The van der Waals surface area contributed by atoms with Crippen molar-refractivity contribution in [1.82, 2.24) is 0 Å². The Morgan fingerprint density at radius 3 is 2.60 bits per heavy atom. The van der Waals surface area contributed by atoms with E-state index < -0.39 is 0 Å². The summed E-state index contributed by atoms with van der Waals surface area (Å²) in [5, 5.41) is 9.33. The molecule has 1 heterocycles. The summed E-state index contributed by atoms with van der Waals surface area (Å²) in [4.78, 5) is 4.34. The van der Waals surface area contributed by atoms with E-state index in [-0.39, 0.29) is 0 Å². The molecule has 3 rings (SSSR count). The smallest absolute Gasteiger partial charge is 0.237 e. The predicted octanol–water partition coefficient (Wildman–Crippen LogP) is 5.65. The van der Waals surface area contributed by atoms with Crippen molar-refractivity contribution in [3.63, 3.8) is 0 Å². The number of hydrogen-bond acceptors (Lipinski definition) is 4. The molecule has 25 heavy (non-hydrogen) atoms. The van der Waals surface area contributed by atoms with Crippen molar-refractivity contribution in [1.29, 1.82) is 5.26 Å². The standard InChI is InChI=1S/C20H15BrN2O2/c1-13-3-4-14(9-18(13)24-2)12-23-20-16(11-22)10-19(25-20)15-5-7-17(21)8-6-15/h3-10,12H,1-2H3. The molecule has 0 saturated heterocycles. The molecule has 0 spiro atoms. The third-order valence-electron chi connectivity index (χ3n) is 3.72. The number of halogens is 1. The topological polar surface area (TPSA) is 58.5 Å². The molecule has 5 heteroatoms. The summed E-state index contributed by atoms with van der Waals surface area (Å²) < 4.78 is 12.1. The summed E-state index contributed by atoms with van der Waals surface area (Å²) in [5.41, 5.74) is 3.20. The average molecular weight is 395 g/mol. The zero-order chi connectivity index (χ0) is 17.8. The highest BCUT2D eigenvalue weighted by Crippen LogP contribution is 2.31. The molecule has 0 saturated carbocycles. The molecule has 0 N–H and O–H groups in total. The van der Waals surface area contributed by atoms with Crippen LogP contribution in [0, 0.1) is 18.3 Å². The van der Waals surface area contributed by atoms with Crippen LogP contribution in [0.25, 0.3) is 11.3 Å². The van der Waals surface area contributed by atoms with Crippen molar-refractivity contribution >= 4 is 28.0 Å². The van der Waals surface area contributed by atoms with E-state index in [1.165, 1.54) is 0 Å². The fourth-order valence-electron chi connectivity index (χ4n) is 2.36. The summed E-state index contributed by atoms with van der Waals surface area (Å²) in [6, 6.07) is 17.3. The van der Waals surface area contributed by atoms with Crippen LogP contribution in [-0.4, -0.2) is 13.3 Å². The zero-order valence-electron chi connectivity index (χ0n) is 13.8. The van der Waals surface area contributed by atoms with Gasteiger partial charge in [0.05, 0.1) is 7.11 Å². The molecular weight excluding hydrogens is 380 g/mol. The highest BCUT2D eigenvalue weighted by Gasteiger charge is 2.11. The van der Waals surface area contributed by atoms with Gasteiger partial charge in [0.15, 0.2) is 0 Å². The molecule has 0 aliphatic rings. The van der Waals surface area contributed by atoms with Crippen molar-refractivity contribution in [2.24, 2.45) is 4.99 Å². The normalized spacial score (nSPS) is 10.8. The van der Waals surface area contributed by atoms with E-state index in [0.717, 1.165) is 26.9 Å². The van der Waals surface area contributed by atoms with Crippen LogP contribution in [0.15, 0.2) is 62.4 Å². The van der Waals surface area contributed by atoms with Crippen LogP contribution in [0.5, 0.6) is 5.75 Å². The number of nitriles is 1. The first-order chi connectivity index (χ1) is 12.1. The lowest BCUT2D eigenvalue weighted by atomic mass is 10.1. The largest absolute Gasteiger partial charge is 0.496 e. The van der Waals surface area contributed by atoms with Crippen LogP contribution in [0.4, 0.5) is 5.88 Å². The van der Waals surface area contributed by atoms with E-state index >= 15 is 0 Å². The maximum absolute atomic E-state index is 9.33. The maximum Gasteiger partial charge on any atom is 0.237 e. The van der Waals surface area contributed by atoms with Crippen molar-refractivity contribution in [2.45, 2.75) is 6.92 Å². The lowest BCUT2D eigenvalue weighted by Crippen LogP contribution is -1.89. The van der Waals surface area contributed by atoms with Crippen LogP contribution < -0.4 is 4.74 Å². The van der Waals surface area contributed by atoms with Gasteiger partial charge in [-0.25, -0.2) is 4.99 Å². The Labute approximate surface area is 154 Å². The highest BCUT2D eigenvalue weighted by atomic mass is 79.9. The Morgan fingerprint density at radius 1 is 1.16 bits per heavy atom. The van der Waals surface area contributed by atoms with Crippen LogP contribution >= 0.6 is 15.9 Å². The van der Waals surface area contributed by atoms with Crippen molar-refractivity contribution in [3.8, 4) is 23.1 Å². The molecule has 0 aliphatic carbocycles. The highest BCUT2D eigenvalue weighted by molar-refractivity contribution is 9.10. The van der Waals surface area contributed by atoms with Crippen molar-refractivity contribution in [2.75, 3.05) is 7.11 Å². The fraction of sp³-hybridized carbons (Fsp3) is 0.100. The second-order valence-corrected chi connectivity index (χ2v) is 6.35. The molecule has 0 bridgehead atoms. The van der Waals surface area contributed by atoms with Gasteiger partial charge in [0.25, 0.3) is 0 Å². The molecule has 0 atom stereocenters. The van der Waals surface area contributed by atoms with E-state index in [0.29, 0.717) is 17.2 Å². The predicted molar refractivity (Wildman–Crippen MR) is 102 cm³/mol. The number of hydrogen-bond donors (Lipinski definition) is 0. The monoisotopic (exact) mass is 394 g/mol. The SMILES string of the molecule is COc1cc(C=Nc2oc(-c3ccc(Br)cc3)cc2C#N)ccc1C. The van der Waals surface area contributed by atoms with Gasteiger partial charge >= 0.3 is 0 Å². The number of aryl methyl sites for hydroxylation is 1. The number of methoxy groups -OCH3 is 1. The van der Waals surface area contributed by atoms with Crippen LogP contribution in [0.3, 0.4) is 0 Å². The zero-order valence-corrected chi connectivity index (χ0v) is 15.4. The summed E-state index contributed by atoms with van der Waals surface area (Å²) >= 11 is 3.40. The van der Waals surface area contributed by atoms with Gasteiger partial charge < -0.3 is 9.15 Å². The Morgan fingerprint density at radius 2 is 1.92 bits per heavy atom. The van der Waals surface area contributed by atoms with Gasteiger partial charge in [0.1, 0.15) is 23.1 Å². The second-order valence-electron chi connectivity index (χ2n) is 5.44. The number of aliphatic imine (C=N–C) groups is 1. The summed E-state index contributed by atoms with van der Waals surface area (Å²) in [6.45, 7) is 1.98. The Hall–Kier alpha value is -2.84. The van der Waals surface area contributed by atoms with E-state index in [1.807, 2.05) is 49.4 Å². The van der Waals surface area contributed by atoms with Crippen molar-refractivity contribution < 1.29 is 9.15 Å². The van der Waals surface area contributed by atoms with Gasteiger partial charge in [-0.2, -0.15) is 5.26 Å². The van der Waals surface area contributed by atoms with Gasteiger partial charge in [-0.05, 0) is 36.2 Å². The van der Waals surface area contributed by atoms with Gasteiger partial charge in [0.2, 0.25) is 5.88 Å². The molecule has 0 fully saturated rings. The third kappa shape index (κ3) is 3.81. The molecule has 0 unspecified atom stereocenters. The molecule has 124 valence electrons. The third-order valence-corrected chi connectivity index (χ3v) is 4.25. The Bertz CT molecular complexity index is 966. The van der Waals surface area contributed by atoms with E-state index in [2.05, 4.69) is 27.0 Å². The average Bonchev–Trinajstić information content (AvgIpc) is 3.05. The number of nitrogens with zero attached hydrogens (tertiary/aromatic N) is 2. The molecule has 0 amide bonds. The number of ether oxygens (including phenoxy) is 1. The number of furan rings is 1. The quantitative estimate of drug-likeness (QED) is 0.537. The minimum Gasteiger partial charge on any atom is -0.496 e. The first-order valence-corrected chi connectivity index (χ1v) is 8.38. The first kappa shape index (κ1) is 17.0. The van der Waals surface area contributed by atoms with E-state index in [1.54, 1.807) is 19.4 Å². The lowest BCUT2D eigenvalue weighted by molar-refractivity contribution is 0.411. The summed E-state index contributed by atoms with van der Waals surface area (Å²) in [6.07, 6.45) is 1.66. The minimum absolute atomic E-state index is 0.292. The van der Waals surface area contributed by atoms with E-state index in [9.17, 15) is 5.26 Å². The van der Waals surface area contributed by atoms with Gasteiger partial charge in [0, 0.05) is 22.3 Å². The van der Waals surface area contributed by atoms with Crippen LogP contribution in [0.1, 0.15) is 16.7 Å². The summed E-state index contributed by atoms with van der Waals surface area (Å²) in [7, 11) is 1.63. The molecular formula is C20H15BrN2O2. The Balaban J connectivity index is 1.92. The van der Waals surface area contributed by atoms with Gasteiger partial charge in [-0.1, -0.05) is 40.2 Å². The fourth-order valence-corrected chi connectivity index (χ4v) is 2.63. The van der Waals surface area contributed by atoms with E-state index in [4.69, 9.17) is 9.15 Å². The second kappa shape index (κ2) is 7.37. The molecule has 4 nitrogen and oxygen atoms in total. The molecule has 0 radical (unpaired) electrons. The lowest BCUT2D eigenvalue weighted by Gasteiger charge is -2.04. The number of benzene rings is 2. The van der Waals surface area contributed by atoms with Gasteiger partial charge in [-0.15, -0.1) is 0 Å². The molecule has 0 aliphatic heterocycles. The van der Waals surface area contributed by atoms with Crippen LogP contribution in [0.2, 0.25) is 0 Å². The Kier molecular flexibility index (Phi) is 5.01. The first-order valence-electron chi connectivity index (χ1n) is 7.59. The van der Waals surface area contributed by atoms with Gasteiger partial charge in [-0.3, -0.25) is 0 Å². The van der Waals surface area contributed by atoms with Crippen molar-refractivity contribution in [3.05, 3.63) is 69.7 Å². The maximum atomic E-state index is 9.33. The molecule has 1 aromatic heterocycles. The summed E-state index contributed by atoms with van der Waals surface area (Å²) in [5.74, 6) is 1.69. The molecule has 3 aromatic rings. The van der Waals surface area contributed by atoms with Crippen LogP contribution in [-0.2, 0) is 0 Å².